The Hall–Kier alpha value is -4.44. The molecule has 0 aromatic heterocycles. The van der Waals surface area contributed by atoms with Gasteiger partial charge in [0.25, 0.3) is 11.8 Å². The highest BCUT2D eigenvalue weighted by Gasteiger charge is 2.35. The first kappa shape index (κ1) is 20.8. The number of carbonyl (C=O) groups excluding carboxylic acids is 3. The molecule has 0 atom stereocenters. The number of hydrogen-bond acceptors (Lipinski definition) is 6. The minimum absolute atomic E-state index is 0.00782. The van der Waals surface area contributed by atoms with Crippen LogP contribution in [-0.2, 0) is 17.9 Å². The van der Waals surface area contributed by atoms with Crippen LogP contribution in [0.15, 0.2) is 66.7 Å². The lowest BCUT2D eigenvalue weighted by atomic mass is 10.1. The number of methoxy groups -OCH3 is 1. The minimum Gasteiger partial charge on any atom is -0.496 e. The van der Waals surface area contributed by atoms with Crippen molar-refractivity contribution in [2.75, 3.05) is 7.11 Å². The number of nitriles is 1. The Balaban J connectivity index is 1.54. The van der Waals surface area contributed by atoms with Crippen molar-refractivity contribution in [3.63, 3.8) is 0 Å². The van der Waals surface area contributed by atoms with E-state index < -0.39 is 5.97 Å². The summed E-state index contributed by atoms with van der Waals surface area (Å²) in [5.74, 6) is -1.09. The summed E-state index contributed by atoms with van der Waals surface area (Å²) in [5.41, 5.74) is 2.47. The lowest BCUT2D eigenvalue weighted by Gasteiger charge is -2.16. The van der Waals surface area contributed by atoms with Gasteiger partial charge in [0.05, 0.1) is 36.4 Å². The van der Waals surface area contributed by atoms with Crippen LogP contribution in [0.25, 0.3) is 0 Å². The molecule has 1 heterocycles. The molecule has 0 spiro atoms. The van der Waals surface area contributed by atoms with Crippen LogP contribution >= 0.6 is 0 Å². The maximum atomic E-state index is 12.8. The number of nitrogens with zero attached hydrogens (tertiary/aromatic N) is 2. The molecule has 7 nitrogen and oxygen atoms in total. The summed E-state index contributed by atoms with van der Waals surface area (Å²) in [4.78, 5) is 39.2. The molecule has 0 unspecified atom stereocenters. The van der Waals surface area contributed by atoms with Crippen molar-refractivity contribution in [3.05, 3.63) is 100 Å². The zero-order chi connectivity index (χ0) is 22.7. The van der Waals surface area contributed by atoms with Crippen LogP contribution in [0.3, 0.4) is 0 Å². The highest BCUT2D eigenvalue weighted by atomic mass is 16.5. The third kappa shape index (κ3) is 3.82. The van der Waals surface area contributed by atoms with Gasteiger partial charge in [-0.05, 0) is 35.9 Å². The first-order valence-corrected chi connectivity index (χ1v) is 9.80. The van der Waals surface area contributed by atoms with Gasteiger partial charge in [-0.3, -0.25) is 14.5 Å². The van der Waals surface area contributed by atoms with Crippen molar-refractivity contribution < 1.29 is 23.9 Å². The molecule has 0 bridgehead atoms. The predicted octanol–water partition coefficient (Wildman–Crippen LogP) is 3.72. The van der Waals surface area contributed by atoms with Crippen molar-refractivity contribution in [1.29, 1.82) is 5.26 Å². The van der Waals surface area contributed by atoms with E-state index in [1.165, 1.54) is 7.11 Å². The summed E-state index contributed by atoms with van der Waals surface area (Å²) in [7, 11) is 1.43. The molecule has 7 heteroatoms. The summed E-state index contributed by atoms with van der Waals surface area (Å²) in [6.45, 7) is -0.0672. The first-order valence-electron chi connectivity index (χ1n) is 9.80. The van der Waals surface area contributed by atoms with E-state index in [0.717, 1.165) is 4.90 Å². The Labute approximate surface area is 184 Å². The van der Waals surface area contributed by atoms with E-state index in [2.05, 4.69) is 6.07 Å². The highest BCUT2D eigenvalue weighted by Crippen LogP contribution is 2.27. The Kier molecular flexibility index (Phi) is 5.69. The van der Waals surface area contributed by atoms with Crippen molar-refractivity contribution in [1.82, 2.24) is 4.90 Å². The van der Waals surface area contributed by atoms with E-state index in [1.54, 1.807) is 66.7 Å². The third-order valence-electron chi connectivity index (χ3n) is 5.20. The van der Waals surface area contributed by atoms with Crippen LogP contribution in [-0.4, -0.2) is 29.8 Å². The number of fused-ring (bicyclic) bond motifs is 1. The van der Waals surface area contributed by atoms with Crippen molar-refractivity contribution >= 4 is 17.8 Å². The van der Waals surface area contributed by atoms with Gasteiger partial charge in [0.15, 0.2) is 0 Å². The summed E-state index contributed by atoms with van der Waals surface area (Å²) in [5, 5.41) is 9.19. The fourth-order valence-electron chi connectivity index (χ4n) is 3.55. The molecule has 4 rings (SSSR count). The molecule has 1 aliphatic rings. The van der Waals surface area contributed by atoms with Gasteiger partial charge < -0.3 is 9.47 Å². The van der Waals surface area contributed by atoms with Gasteiger partial charge in [0.2, 0.25) is 0 Å². The monoisotopic (exact) mass is 426 g/mol. The molecule has 0 fully saturated rings. The molecule has 32 heavy (non-hydrogen) atoms. The van der Waals surface area contributed by atoms with E-state index in [0.29, 0.717) is 33.6 Å². The fraction of sp³-hybridized carbons (Fsp3) is 0.120. The minimum atomic E-state index is -0.640. The molecule has 0 aliphatic carbocycles. The molecule has 0 radical (unpaired) electrons. The van der Waals surface area contributed by atoms with E-state index in [-0.39, 0.29) is 30.5 Å². The lowest BCUT2D eigenvalue weighted by Crippen LogP contribution is -2.29. The number of hydrogen-bond donors (Lipinski definition) is 0. The summed E-state index contributed by atoms with van der Waals surface area (Å²) in [6.07, 6.45) is 0. The third-order valence-corrected chi connectivity index (χ3v) is 5.20. The van der Waals surface area contributed by atoms with E-state index in [1.807, 2.05) is 0 Å². The predicted molar refractivity (Wildman–Crippen MR) is 114 cm³/mol. The number of imide groups is 1. The van der Waals surface area contributed by atoms with Crippen molar-refractivity contribution in [2.45, 2.75) is 13.2 Å². The first-order chi connectivity index (χ1) is 15.5. The topological polar surface area (TPSA) is 96.7 Å². The van der Waals surface area contributed by atoms with Gasteiger partial charge >= 0.3 is 5.97 Å². The second kappa shape index (κ2) is 8.74. The quantitative estimate of drug-likeness (QED) is 0.440. The average molecular weight is 426 g/mol. The Morgan fingerprint density at radius 1 is 0.969 bits per heavy atom. The average Bonchev–Trinajstić information content (AvgIpc) is 3.07. The Morgan fingerprint density at radius 3 is 2.28 bits per heavy atom. The normalized spacial score (nSPS) is 12.3. The lowest BCUT2D eigenvalue weighted by molar-refractivity contribution is 0.0468. The molecule has 0 saturated carbocycles. The van der Waals surface area contributed by atoms with Crippen LogP contribution in [0.5, 0.6) is 5.75 Å². The van der Waals surface area contributed by atoms with E-state index >= 15 is 0 Å². The number of benzene rings is 3. The summed E-state index contributed by atoms with van der Waals surface area (Å²) in [6, 6.07) is 20.4. The van der Waals surface area contributed by atoms with Crippen LogP contribution in [0.1, 0.15) is 47.8 Å². The number of carbonyl (C=O) groups is 3. The molecule has 0 N–H and O–H groups in total. The Morgan fingerprint density at radius 2 is 1.62 bits per heavy atom. The van der Waals surface area contributed by atoms with Gasteiger partial charge in [0, 0.05) is 5.56 Å². The Bertz CT molecular complexity index is 1240. The highest BCUT2D eigenvalue weighted by molar-refractivity contribution is 6.21. The van der Waals surface area contributed by atoms with Gasteiger partial charge in [0.1, 0.15) is 17.9 Å². The maximum absolute atomic E-state index is 12.8. The standard InChI is InChI=1S/C25H18N2O5/c1-31-22-11-10-16(14-27-23(28)19-8-4-5-9-20(19)24(27)29)12-21(22)25(30)32-15-18-7-3-2-6-17(18)13-26/h2-12H,14-15H2,1H3. The number of ether oxygens (including phenoxy) is 2. The van der Waals surface area contributed by atoms with Crippen LogP contribution < -0.4 is 4.74 Å². The number of esters is 1. The van der Waals surface area contributed by atoms with Gasteiger partial charge in [-0.25, -0.2) is 4.79 Å². The molecule has 3 aromatic carbocycles. The maximum Gasteiger partial charge on any atom is 0.342 e. The number of amides is 2. The van der Waals surface area contributed by atoms with Gasteiger partial charge in [-0.15, -0.1) is 0 Å². The zero-order valence-electron chi connectivity index (χ0n) is 17.2. The van der Waals surface area contributed by atoms with Crippen LogP contribution in [0.2, 0.25) is 0 Å². The zero-order valence-corrected chi connectivity index (χ0v) is 17.2. The van der Waals surface area contributed by atoms with Gasteiger partial charge in [-0.2, -0.15) is 5.26 Å². The van der Waals surface area contributed by atoms with Crippen LogP contribution in [0.4, 0.5) is 0 Å². The molecule has 1 aliphatic heterocycles. The van der Waals surface area contributed by atoms with Crippen LogP contribution in [0, 0.1) is 11.3 Å². The molecular formula is C25H18N2O5. The smallest absolute Gasteiger partial charge is 0.342 e. The van der Waals surface area contributed by atoms with Gasteiger partial charge in [-0.1, -0.05) is 36.4 Å². The molecule has 3 aromatic rings. The largest absolute Gasteiger partial charge is 0.496 e. The summed E-state index contributed by atoms with van der Waals surface area (Å²) < 4.78 is 10.7. The SMILES string of the molecule is COc1ccc(CN2C(=O)c3ccccc3C2=O)cc1C(=O)OCc1ccccc1C#N. The second-order valence-corrected chi connectivity index (χ2v) is 7.12. The molecular weight excluding hydrogens is 408 g/mol. The van der Waals surface area contributed by atoms with Crippen molar-refractivity contribution in [3.8, 4) is 11.8 Å². The van der Waals surface area contributed by atoms with E-state index in [9.17, 15) is 19.6 Å². The summed E-state index contributed by atoms with van der Waals surface area (Å²) >= 11 is 0. The van der Waals surface area contributed by atoms with E-state index in [4.69, 9.17) is 9.47 Å². The van der Waals surface area contributed by atoms with Crippen molar-refractivity contribution in [2.24, 2.45) is 0 Å². The second-order valence-electron chi connectivity index (χ2n) is 7.12. The molecule has 2 amide bonds. The molecule has 0 saturated heterocycles. The molecule has 158 valence electrons. The number of rotatable bonds is 6. The fourth-order valence-corrected chi connectivity index (χ4v) is 3.55.